The van der Waals surface area contributed by atoms with E-state index in [-0.39, 0.29) is 5.41 Å². The Balaban J connectivity index is -0.000000367. The van der Waals surface area contributed by atoms with E-state index in [0.717, 1.165) is 35.8 Å². The van der Waals surface area contributed by atoms with Gasteiger partial charge in [0.25, 0.3) is 0 Å². The predicted octanol–water partition coefficient (Wildman–Crippen LogP) is 12.2. The van der Waals surface area contributed by atoms with Gasteiger partial charge in [-0.1, -0.05) is 92.9 Å². The maximum atomic E-state index is 12.4. The van der Waals surface area contributed by atoms with Crippen molar-refractivity contribution in [1.82, 2.24) is 0 Å². The number of ether oxygens (including phenoxy) is 5. The Morgan fingerprint density at radius 2 is 1.01 bits per heavy atom. The third-order valence-corrected chi connectivity index (χ3v) is 8.91. The molecule has 0 atom stereocenters. The largest absolute Gasteiger partial charge is 0.497 e. The maximum absolute atomic E-state index is 12.4. The van der Waals surface area contributed by atoms with Crippen LogP contribution in [-0.4, -0.2) is 93.9 Å². The van der Waals surface area contributed by atoms with Gasteiger partial charge >= 0.3 is 34.7 Å². The molecular weight excluding hydrogens is 961 g/mol. The third-order valence-electron chi connectivity index (χ3n) is 7.78. The summed E-state index contributed by atoms with van der Waals surface area (Å²) in [6, 6.07) is 19.4. The highest BCUT2D eigenvalue weighted by Crippen LogP contribution is 2.37. The fraction of sp³-hybridized carbons (Fsp3) is 0.500. The smallest absolute Gasteiger partial charge is 0.491 e. The zero-order valence-corrected chi connectivity index (χ0v) is 42.8. The molecular formula is C46H66Cl2F6O12S. The third kappa shape index (κ3) is 36.3. The molecule has 3 aromatic carbocycles. The Labute approximate surface area is 401 Å². The van der Waals surface area contributed by atoms with E-state index in [2.05, 4.69) is 45.1 Å². The number of allylic oxidation sites excluding steroid dienone is 1. The minimum absolute atomic E-state index is 0.0427. The molecule has 3 aromatic rings. The van der Waals surface area contributed by atoms with E-state index in [1.54, 1.807) is 40.2 Å². The molecule has 67 heavy (non-hydrogen) atoms. The lowest BCUT2D eigenvalue weighted by atomic mass is 9.79. The van der Waals surface area contributed by atoms with Crippen molar-refractivity contribution in [2.75, 3.05) is 46.3 Å². The van der Waals surface area contributed by atoms with Crippen LogP contribution in [0.2, 0.25) is 0 Å². The number of alkyl halides is 8. The van der Waals surface area contributed by atoms with Crippen molar-refractivity contribution < 1.29 is 81.9 Å². The standard InChI is InChI=1S/C14H17F3O2.C12H17ClO.C8H10O.C4H7Cl.C4H3F3O3.C4H10O.H2O4S/c1-9-5-6-11(19-4)10(7-9)13(2,3)8-12(18)14(15,16)17;1-9-5-6-11(14-4)10(7-9)12(2,3)8-13;1-7-3-5-8(9-2)6-4-7;1-4(2)3-5;1-2(8)10-3(9)4(5,6)7;1-3-5-4-2;1-5(2,3)4/h5-7H,8H2,1-4H3;5-7H,8H2,1-4H3;3-6H,1-2H3;1,3H2,2H3;1H3;3-4H2,1-2H3;(H2,1,2,3,4). The molecule has 0 aliphatic heterocycles. The van der Waals surface area contributed by atoms with Crippen LogP contribution < -0.4 is 14.2 Å². The number of esters is 2. The highest BCUT2D eigenvalue weighted by molar-refractivity contribution is 7.79. The first-order chi connectivity index (χ1) is 30.4. The number of hydrogen-bond acceptors (Lipinski definition) is 10. The number of rotatable bonds is 11. The van der Waals surface area contributed by atoms with Gasteiger partial charge in [0, 0.05) is 60.3 Å². The van der Waals surface area contributed by atoms with Crippen molar-refractivity contribution >= 4 is 51.3 Å². The fourth-order valence-corrected chi connectivity index (χ4v) is 4.58. The number of Topliss-reactive ketones (excluding diaryl/α,β-unsaturated/α-hetero) is 1. The molecule has 12 nitrogen and oxygen atoms in total. The summed E-state index contributed by atoms with van der Waals surface area (Å²) in [7, 11) is 0.152. The number of halogens is 8. The molecule has 384 valence electrons. The first-order valence-corrected chi connectivity index (χ1v) is 22.2. The molecule has 0 bridgehead atoms. The van der Waals surface area contributed by atoms with Gasteiger partial charge in [0.15, 0.2) is 0 Å². The SMILES string of the molecule is C=C(C)CCl.CC(=O)OC(=O)C(F)(F)F.CCOCC.COc1ccc(C)cc1.COc1ccc(C)cc1C(C)(C)CC(=O)C(F)(F)F.COc1ccc(C)cc1C(C)(C)CCl.O=S(=O)(O)O. The fourth-order valence-electron chi connectivity index (χ4n) is 4.44. The molecule has 0 aromatic heterocycles. The van der Waals surface area contributed by atoms with Crippen LogP contribution in [0.25, 0.3) is 0 Å². The zero-order chi connectivity index (χ0) is 53.6. The Morgan fingerprint density at radius 3 is 1.25 bits per heavy atom. The second-order valence-electron chi connectivity index (χ2n) is 15.1. The van der Waals surface area contributed by atoms with Crippen LogP contribution in [0.15, 0.2) is 72.8 Å². The van der Waals surface area contributed by atoms with Crippen molar-refractivity contribution in [1.29, 1.82) is 0 Å². The molecule has 0 fully saturated rings. The summed E-state index contributed by atoms with van der Waals surface area (Å²) in [6.07, 6.45) is -10.5. The van der Waals surface area contributed by atoms with E-state index >= 15 is 0 Å². The average molecular weight is 1030 g/mol. The Kier molecular flexibility index (Phi) is 35.1. The normalized spacial score (nSPS) is 10.8. The van der Waals surface area contributed by atoms with Gasteiger partial charge in [-0.25, -0.2) is 4.79 Å². The summed E-state index contributed by atoms with van der Waals surface area (Å²) in [6.45, 7) is 25.2. The molecule has 0 unspecified atom stereocenters. The summed E-state index contributed by atoms with van der Waals surface area (Å²) < 4.78 is 126. The first kappa shape index (κ1) is 69.2. The van der Waals surface area contributed by atoms with Crippen molar-refractivity contribution in [2.24, 2.45) is 0 Å². The summed E-state index contributed by atoms with van der Waals surface area (Å²) in [5, 5.41) is 0. The first-order valence-electron chi connectivity index (χ1n) is 19.8. The minimum atomic E-state index is -5.09. The van der Waals surface area contributed by atoms with Gasteiger partial charge < -0.3 is 23.7 Å². The second kappa shape index (κ2) is 34.0. The molecule has 0 amide bonds. The summed E-state index contributed by atoms with van der Waals surface area (Å²) >= 11 is 11.2. The van der Waals surface area contributed by atoms with Crippen LogP contribution in [0.5, 0.6) is 17.2 Å². The molecule has 0 aliphatic rings. The van der Waals surface area contributed by atoms with Crippen molar-refractivity contribution in [3.05, 3.63) is 101 Å². The van der Waals surface area contributed by atoms with Gasteiger partial charge in [0.1, 0.15) is 17.2 Å². The van der Waals surface area contributed by atoms with E-state index in [4.69, 9.17) is 59.7 Å². The van der Waals surface area contributed by atoms with Crippen molar-refractivity contribution in [3.63, 3.8) is 0 Å². The minimum Gasteiger partial charge on any atom is -0.497 e. The maximum Gasteiger partial charge on any atom is 0.491 e. The highest BCUT2D eigenvalue weighted by Gasteiger charge is 2.43. The topological polar surface area (TPSA) is 172 Å². The van der Waals surface area contributed by atoms with E-state index in [9.17, 15) is 40.7 Å². The molecule has 2 N–H and O–H groups in total. The van der Waals surface area contributed by atoms with Gasteiger partial charge in [-0.3, -0.25) is 18.7 Å². The molecule has 0 heterocycles. The van der Waals surface area contributed by atoms with Crippen LogP contribution in [0.4, 0.5) is 26.3 Å². The van der Waals surface area contributed by atoms with Gasteiger partial charge in [0.2, 0.25) is 5.78 Å². The monoisotopic (exact) mass is 1030 g/mol. The van der Waals surface area contributed by atoms with Crippen LogP contribution in [0, 0.1) is 20.8 Å². The molecule has 21 heteroatoms. The number of methoxy groups -OCH3 is 3. The number of benzene rings is 3. The van der Waals surface area contributed by atoms with Crippen LogP contribution >= 0.6 is 23.2 Å². The lowest BCUT2D eigenvalue weighted by Crippen LogP contribution is -2.31. The van der Waals surface area contributed by atoms with Gasteiger partial charge in [-0.15, -0.1) is 23.2 Å². The number of ketones is 1. The van der Waals surface area contributed by atoms with Gasteiger partial charge in [0.05, 0.1) is 21.3 Å². The lowest BCUT2D eigenvalue weighted by molar-refractivity contribution is -0.201. The highest BCUT2D eigenvalue weighted by atomic mass is 35.5. The van der Waals surface area contributed by atoms with E-state index in [1.807, 2.05) is 70.2 Å². The molecule has 0 spiro atoms. The number of carbonyl (C=O) groups excluding carboxylic acids is 3. The van der Waals surface area contributed by atoms with Crippen molar-refractivity contribution in [3.8, 4) is 17.2 Å². The number of carbonyl (C=O) groups is 3. The molecule has 0 saturated carbocycles. The van der Waals surface area contributed by atoms with Gasteiger partial charge in [-0.05, 0) is 65.8 Å². The van der Waals surface area contributed by atoms with Crippen LogP contribution in [0.1, 0.15) is 89.6 Å². The van der Waals surface area contributed by atoms with Gasteiger partial charge in [-0.2, -0.15) is 34.8 Å². The summed E-state index contributed by atoms with van der Waals surface area (Å²) in [5.41, 5.74) is 5.22. The lowest BCUT2D eigenvalue weighted by Gasteiger charge is -2.27. The zero-order valence-electron chi connectivity index (χ0n) is 40.4. The Morgan fingerprint density at radius 1 is 0.657 bits per heavy atom. The second-order valence-corrected chi connectivity index (χ2v) is 16.6. The molecule has 0 radical (unpaired) electrons. The van der Waals surface area contributed by atoms with E-state index in [0.29, 0.717) is 30.0 Å². The van der Waals surface area contributed by atoms with Crippen molar-refractivity contribution in [2.45, 2.75) is 106 Å². The van der Waals surface area contributed by atoms with Crippen LogP contribution in [-0.2, 0) is 45.1 Å². The Bertz CT molecular complexity index is 2010. The summed E-state index contributed by atoms with van der Waals surface area (Å²) in [5.74, 6) is -1.98. The molecule has 0 aliphatic carbocycles. The van der Waals surface area contributed by atoms with E-state index in [1.165, 1.54) is 23.8 Å². The number of hydrogen-bond donors (Lipinski definition) is 2. The predicted molar refractivity (Wildman–Crippen MR) is 250 cm³/mol. The summed E-state index contributed by atoms with van der Waals surface area (Å²) in [4.78, 5) is 30.6. The average Bonchev–Trinajstić information content (AvgIpc) is 3.21. The number of aryl methyl sites for hydroxylation is 3. The molecule has 0 saturated heterocycles. The van der Waals surface area contributed by atoms with E-state index < -0.39 is 52.3 Å². The van der Waals surface area contributed by atoms with Crippen LogP contribution in [0.3, 0.4) is 0 Å². The quantitative estimate of drug-likeness (QED) is 0.0466. The molecule has 3 rings (SSSR count). The Hall–Kier alpha value is -4.40.